The SMILES string of the molecule is Cc1ccc2cc(-c3c(-c4ccccc4)c4scc(-c5ccccc5)c4c4ccccc34)ccc2c1. The molecule has 0 fully saturated rings. The van der Waals surface area contributed by atoms with Crippen LogP contribution in [0.2, 0.25) is 0 Å². The van der Waals surface area contributed by atoms with Gasteiger partial charge < -0.3 is 0 Å². The van der Waals surface area contributed by atoms with E-state index in [1.165, 1.54) is 70.6 Å². The highest BCUT2D eigenvalue weighted by atomic mass is 32.1. The molecule has 1 aromatic heterocycles. The van der Waals surface area contributed by atoms with Crippen molar-refractivity contribution >= 4 is 43.0 Å². The smallest absolute Gasteiger partial charge is 0.0440 e. The minimum Gasteiger partial charge on any atom is -0.142 e. The molecule has 0 bridgehead atoms. The summed E-state index contributed by atoms with van der Waals surface area (Å²) < 4.78 is 1.35. The molecule has 36 heavy (non-hydrogen) atoms. The van der Waals surface area contributed by atoms with Gasteiger partial charge in [-0.15, -0.1) is 11.3 Å². The normalized spacial score (nSPS) is 11.5. The van der Waals surface area contributed by atoms with Crippen molar-refractivity contribution in [2.45, 2.75) is 6.92 Å². The number of rotatable bonds is 3. The van der Waals surface area contributed by atoms with Crippen molar-refractivity contribution in [3.63, 3.8) is 0 Å². The Morgan fingerprint density at radius 2 is 1.14 bits per heavy atom. The quantitative estimate of drug-likeness (QED) is 0.238. The van der Waals surface area contributed by atoms with Gasteiger partial charge in [-0.05, 0) is 62.2 Å². The van der Waals surface area contributed by atoms with Gasteiger partial charge in [0.2, 0.25) is 0 Å². The van der Waals surface area contributed by atoms with Crippen molar-refractivity contribution in [2.75, 3.05) is 0 Å². The molecular weight excluding hydrogens is 452 g/mol. The number of hydrogen-bond donors (Lipinski definition) is 0. The van der Waals surface area contributed by atoms with Gasteiger partial charge >= 0.3 is 0 Å². The molecule has 6 aromatic carbocycles. The number of fused-ring (bicyclic) bond motifs is 4. The first-order valence-corrected chi connectivity index (χ1v) is 13.2. The zero-order valence-electron chi connectivity index (χ0n) is 20.0. The first-order valence-electron chi connectivity index (χ1n) is 12.4. The Hall–Kier alpha value is -4.20. The van der Waals surface area contributed by atoms with Crippen LogP contribution in [0.25, 0.3) is 65.0 Å². The minimum absolute atomic E-state index is 1.26. The van der Waals surface area contributed by atoms with Crippen molar-refractivity contribution in [1.29, 1.82) is 0 Å². The van der Waals surface area contributed by atoms with Crippen molar-refractivity contribution in [2.24, 2.45) is 0 Å². The Morgan fingerprint density at radius 1 is 0.500 bits per heavy atom. The molecule has 0 nitrogen and oxygen atoms in total. The molecular formula is C35H24S. The van der Waals surface area contributed by atoms with Crippen LogP contribution in [0.5, 0.6) is 0 Å². The number of aryl methyl sites for hydroxylation is 1. The fraction of sp³-hybridized carbons (Fsp3) is 0.0286. The minimum atomic E-state index is 1.26. The van der Waals surface area contributed by atoms with Crippen LogP contribution in [0.15, 0.2) is 127 Å². The highest BCUT2D eigenvalue weighted by Gasteiger charge is 2.21. The molecule has 0 aliphatic rings. The van der Waals surface area contributed by atoms with E-state index < -0.39 is 0 Å². The Balaban J connectivity index is 1.65. The summed E-state index contributed by atoms with van der Waals surface area (Å²) in [5.41, 5.74) is 9.02. The summed E-state index contributed by atoms with van der Waals surface area (Å²) in [6.45, 7) is 2.16. The summed E-state index contributed by atoms with van der Waals surface area (Å²) in [5, 5.41) is 8.86. The summed E-state index contributed by atoms with van der Waals surface area (Å²) in [4.78, 5) is 0. The van der Waals surface area contributed by atoms with Crippen LogP contribution in [0.4, 0.5) is 0 Å². The van der Waals surface area contributed by atoms with Gasteiger partial charge in [0.05, 0.1) is 0 Å². The lowest BCUT2D eigenvalue weighted by atomic mass is 9.86. The lowest BCUT2D eigenvalue weighted by Gasteiger charge is -2.18. The van der Waals surface area contributed by atoms with Gasteiger partial charge in [0.1, 0.15) is 0 Å². The molecule has 0 N–H and O–H groups in total. The molecule has 0 unspecified atom stereocenters. The number of benzene rings is 6. The van der Waals surface area contributed by atoms with Crippen LogP contribution >= 0.6 is 11.3 Å². The molecule has 170 valence electrons. The molecule has 1 heteroatoms. The summed E-state index contributed by atoms with van der Waals surface area (Å²) >= 11 is 1.86. The molecule has 0 aliphatic heterocycles. The standard InChI is InChI=1S/C35H24S/c1-23-16-17-27-21-28(19-18-26(27)20-23)32-29-14-8-9-15-30(29)34-31(24-10-4-2-5-11-24)22-36-35(34)33(32)25-12-6-3-7-13-25/h2-22H,1H3. The van der Waals surface area contributed by atoms with Crippen LogP contribution < -0.4 is 0 Å². The largest absolute Gasteiger partial charge is 0.142 e. The van der Waals surface area contributed by atoms with Crippen LogP contribution in [-0.2, 0) is 0 Å². The van der Waals surface area contributed by atoms with Gasteiger partial charge in [-0.2, -0.15) is 0 Å². The fourth-order valence-electron chi connectivity index (χ4n) is 5.51. The average molecular weight is 477 g/mol. The van der Waals surface area contributed by atoms with E-state index in [-0.39, 0.29) is 0 Å². The molecule has 1 heterocycles. The lowest BCUT2D eigenvalue weighted by molar-refractivity contribution is 1.51. The van der Waals surface area contributed by atoms with E-state index in [1.54, 1.807) is 0 Å². The molecule has 0 aliphatic carbocycles. The Kier molecular flexibility index (Phi) is 4.97. The van der Waals surface area contributed by atoms with E-state index in [9.17, 15) is 0 Å². The van der Waals surface area contributed by atoms with Crippen LogP contribution in [0.1, 0.15) is 5.56 Å². The Labute approximate surface area is 215 Å². The monoisotopic (exact) mass is 476 g/mol. The van der Waals surface area contributed by atoms with E-state index in [4.69, 9.17) is 0 Å². The summed E-state index contributed by atoms with van der Waals surface area (Å²) in [7, 11) is 0. The number of thiophene rings is 1. The lowest BCUT2D eigenvalue weighted by Crippen LogP contribution is -1.91. The predicted octanol–water partition coefficient (Wildman–Crippen LogP) is 10.5. The third-order valence-electron chi connectivity index (χ3n) is 7.17. The zero-order valence-corrected chi connectivity index (χ0v) is 20.8. The van der Waals surface area contributed by atoms with Gasteiger partial charge in [0.25, 0.3) is 0 Å². The van der Waals surface area contributed by atoms with E-state index in [0.717, 1.165) is 0 Å². The van der Waals surface area contributed by atoms with Gasteiger partial charge in [-0.3, -0.25) is 0 Å². The van der Waals surface area contributed by atoms with Crippen molar-refractivity contribution < 1.29 is 0 Å². The highest BCUT2D eigenvalue weighted by Crippen LogP contribution is 2.49. The number of hydrogen-bond acceptors (Lipinski definition) is 1. The average Bonchev–Trinajstić information content (AvgIpc) is 3.38. The molecule has 0 atom stereocenters. The molecule has 0 saturated heterocycles. The van der Waals surface area contributed by atoms with Crippen LogP contribution in [0, 0.1) is 6.92 Å². The second kappa shape index (κ2) is 8.48. The van der Waals surface area contributed by atoms with Gasteiger partial charge in [0.15, 0.2) is 0 Å². The predicted molar refractivity (Wildman–Crippen MR) is 158 cm³/mol. The molecule has 0 amide bonds. The highest BCUT2D eigenvalue weighted by molar-refractivity contribution is 7.18. The molecule has 0 spiro atoms. The van der Waals surface area contributed by atoms with E-state index in [2.05, 4.69) is 134 Å². The van der Waals surface area contributed by atoms with Gasteiger partial charge in [0, 0.05) is 21.2 Å². The molecule has 7 aromatic rings. The van der Waals surface area contributed by atoms with Gasteiger partial charge in [-0.25, -0.2) is 0 Å². The third-order valence-corrected chi connectivity index (χ3v) is 8.16. The molecule has 7 rings (SSSR count). The fourth-order valence-corrected chi connectivity index (χ4v) is 6.67. The van der Waals surface area contributed by atoms with Crippen molar-refractivity contribution in [3.05, 3.63) is 132 Å². The van der Waals surface area contributed by atoms with Crippen LogP contribution in [0.3, 0.4) is 0 Å². The topological polar surface area (TPSA) is 0 Å². The Morgan fingerprint density at radius 3 is 1.92 bits per heavy atom. The van der Waals surface area contributed by atoms with Crippen LogP contribution in [-0.4, -0.2) is 0 Å². The molecule has 0 radical (unpaired) electrons. The van der Waals surface area contributed by atoms with E-state index in [0.29, 0.717) is 0 Å². The first kappa shape index (κ1) is 21.1. The Bertz CT molecular complexity index is 1880. The second-order valence-corrected chi connectivity index (χ2v) is 10.3. The van der Waals surface area contributed by atoms with E-state index in [1.807, 2.05) is 11.3 Å². The maximum absolute atomic E-state index is 2.36. The molecule has 0 saturated carbocycles. The first-order chi connectivity index (χ1) is 17.8. The van der Waals surface area contributed by atoms with Crippen molar-refractivity contribution in [3.8, 4) is 33.4 Å². The third kappa shape index (κ3) is 3.36. The maximum atomic E-state index is 2.36. The summed E-state index contributed by atoms with van der Waals surface area (Å²) in [5.74, 6) is 0. The maximum Gasteiger partial charge on any atom is 0.0440 e. The van der Waals surface area contributed by atoms with Crippen molar-refractivity contribution in [1.82, 2.24) is 0 Å². The van der Waals surface area contributed by atoms with Gasteiger partial charge in [-0.1, -0.05) is 121 Å². The van der Waals surface area contributed by atoms with E-state index >= 15 is 0 Å². The zero-order chi connectivity index (χ0) is 24.1. The summed E-state index contributed by atoms with van der Waals surface area (Å²) in [6.07, 6.45) is 0. The second-order valence-electron chi connectivity index (χ2n) is 9.45. The summed E-state index contributed by atoms with van der Waals surface area (Å²) in [6, 6.07) is 44.3.